The maximum Gasteiger partial charge on any atom is 0.279 e. The topological polar surface area (TPSA) is 61.4 Å². The zero-order valence-corrected chi connectivity index (χ0v) is 12.7. The Morgan fingerprint density at radius 2 is 1.95 bits per heavy atom. The van der Waals surface area contributed by atoms with Crippen molar-refractivity contribution in [3.05, 3.63) is 0 Å². The number of hydrogen-bond acceptors (Lipinski definition) is 3. The van der Waals surface area contributed by atoms with E-state index in [4.69, 9.17) is 0 Å². The minimum atomic E-state index is -3.27. The molecule has 0 bridgehead atoms. The van der Waals surface area contributed by atoms with E-state index in [2.05, 4.69) is 17.0 Å². The van der Waals surface area contributed by atoms with Crippen molar-refractivity contribution in [1.82, 2.24) is 14.3 Å². The van der Waals surface area contributed by atoms with Gasteiger partial charge in [0.25, 0.3) is 10.2 Å². The third-order valence-corrected chi connectivity index (χ3v) is 5.97. The molecule has 2 fully saturated rings. The number of piperidine rings is 2. The van der Waals surface area contributed by atoms with E-state index >= 15 is 0 Å². The van der Waals surface area contributed by atoms with Gasteiger partial charge in [-0.3, -0.25) is 0 Å². The van der Waals surface area contributed by atoms with E-state index in [0.29, 0.717) is 31.6 Å². The maximum absolute atomic E-state index is 12.2. The molecule has 6 heteroatoms. The maximum atomic E-state index is 12.2. The summed E-state index contributed by atoms with van der Waals surface area (Å²) in [5.41, 5.74) is 0. The molecular weight excluding hydrogens is 262 g/mol. The minimum absolute atomic E-state index is 0.290. The highest BCUT2D eigenvalue weighted by Gasteiger charge is 2.27. The first kappa shape index (κ1) is 15.2. The van der Waals surface area contributed by atoms with Crippen LogP contribution in [-0.2, 0) is 10.2 Å². The largest absolute Gasteiger partial charge is 0.312 e. The summed E-state index contributed by atoms with van der Waals surface area (Å²) in [6.07, 6.45) is 6.64. The average molecular weight is 289 g/mol. The molecule has 2 atom stereocenters. The van der Waals surface area contributed by atoms with E-state index in [0.717, 1.165) is 32.2 Å². The highest BCUT2D eigenvalue weighted by atomic mass is 32.2. The average Bonchev–Trinajstić information content (AvgIpc) is 2.46. The zero-order chi connectivity index (χ0) is 13.7. The Hall–Kier alpha value is -0.170. The summed E-state index contributed by atoms with van der Waals surface area (Å²) in [6, 6.07) is 0.290. The van der Waals surface area contributed by atoms with Gasteiger partial charge in [0.05, 0.1) is 0 Å². The molecule has 0 aromatic carbocycles. The number of hydrogen-bond donors (Lipinski definition) is 2. The normalized spacial score (nSPS) is 30.4. The summed E-state index contributed by atoms with van der Waals surface area (Å²) in [5.74, 6) is 0.595. The molecule has 0 radical (unpaired) electrons. The second-order valence-electron chi connectivity index (χ2n) is 5.68. The van der Waals surface area contributed by atoms with Crippen LogP contribution in [0.4, 0.5) is 0 Å². The van der Waals surface area contributed by atoms with Crippen LogP contribution in [0.1, 0.15) is 45.4 Å². The van der Waals surface area contributed by atoms with Crippen molar-refractivity contribution in [3.63, 3.8) is 0 Å². The highest BCUT2D eigenvalue weighted by molar-refractivity contribution is 7.87. The van der Waals surface area contributed by atoms with Crippen LogP contribution in [0, 0.1) is 5.92 Å². The molecule has 5 nitrogen and oxygen atoms in total. The SMILES string of the molecule is CCC1CCCNC1CNS(=O)(=O)N1CCCCC1. The predicted octanol–water partition coefficient (Wildman–Crippen LogP) is 1.08. The van der Waals surface area contributed by atoms with Gasteiger partial charge in [-0.2, -0.15) is 12.7 Å². The van der Waals surface area contributed by atoms with Gasteiger partial charge in [-0.25, -0.2) is 4.72 Å². The minimum Gasteiger partial charge on any atom is -0.312 e. The zero-order valence-electron chi connectivity index (χ0n) is 11.9. The van der Waals surface area contributed by atoms with Crippen molar-refractivity contribution in [2.24, 2.45) is 5.92 Å². The smallest absolute Gasteiger partial charge is 0.279 e. The molecule has 0 amide bonds. The monoisotopic (exact) mass is 289 g/mol. The summed E-state index contributed by atoms with van der Waals surface area (Å²) >= 11 is 0. The standard InChI is InChI=1S/C13H27N3O2S/c1-2-12-7-6-8-14-13(12)11-15-19(17,18)16-9-4-3-5-10-16/h12-15H,2-11H2,1H3. The van der Waals surface area contributed by atoms with Gasteiger partial charge in [-0.15, -0.1) is 0 Å². The van der Waals surface area contributed by atoms with E-state index in [1.165, 1.54) is 12.8 Å². The lowest BCUT2D eigenvalue weighted by Gasteiger charge is -2.33. The fourth-order valence-corrected chi connectivity index (χ4v) is 4.45. The van der Waals surface area contributed by atoms with Crippen molar-refractivity contribution in [1.29, 1.82) is 0 Å². The molecule has 2 rings (SSSR count). The fraction of sp³-hybridized carbons (Fsp3) is 1.00. The lowest BCUT2D eigenvalue weighted by Crippen LogP contribution is -2.51. The summed E-state index contributed by atoms with van der Waals surface area (Å²) in [7, 11) is -3.27. The molecule has 2 N–H and O–H groups in total. The lowest BCUT2D eigenvalue weighted by molar-refractivity contribution is 0.270. The van der Waals surface area contributed by atoms with E-state index < -0.39 is 10.2 Å². The Labute approximate surface area is 117 Å². The van der Waals surface area contributed by atoms with Crippen molar-refractivity contribution < 1.29 is 8.42 Å². The number of nitrogens with one attached hydrogen (secondary N) is 2. The summed E-state index contributed by atoms with van der Waals surface area (Å²) < 4.78 is 28.8. The first-order valence-electron chi connectivity index (χ1n) is 7.61. The van der Waals surface area contributed by atoms with Gasteiger partial charge >= 0.3 is 0 Å². The van der Waals surface area contributed by atoms with E-state index in [1.807, 2.05) is 0 Å². The predicted molar refractivity (Wildman–Crippen MR) is 77.2 cm³/mol. The molecular formula is C13H27N3O2S. The summed E-state index contributed by atoms with van der Waals surface area (Å²) in [6.45, 7) is 5.06. The molecule has 0 aromatic heterocycles. The fourth-order valence-electron chi connectivity index (χ4n) is 3.14. The van der Waals surface area contributed by atoms with Crippen molar-refractivity contribution in [2.45, 2.75) is 51.5 Å². The van der Waals surface area contributed by atoms with Gasteiger partial charge in [0.15, 0.2) is 0 Å². The van der Waals surface area contributed by atoms with Gasteiger partial charge in [0.1, 0.15) is 0 Å². The van der Waals surface area contributed by atoms with Gasteiger partial charge in [0.2, 0.25) is 0 Å². The Balaban J connectivity index is 1.85. The summed E-state index contributed by atoms with van der Waals surface area (Å²) in [4.78, 5) is 0. The second-order valence-corrected chi connectivity index (χ2v) is 7.44. The Bertz CT molecular complexity index is 366. The first-order chi connectivity index (χ1) is 9.13. The van der Waals surface area contributed by atoms with Crippen LogP contribution in [0.2, 0.25) is 0 Å². The lowest BCUT2D eigenvalue weighted by atomic mass is 9.89. The van der Waals surface area contributed by atoms with Crippen molar-refractivity contribution >= 4 is 10.2 Å². The van der Waals surface area contributed by atoms with Crippen LogP contribution >= 0.6 is 0 Å². The quantitative estimate of drug-likeness (QED) is 0.796. The van der Waals surface area contributed by atoms with Gasteiger partial charge in [0, 0.05) is 25.7 Å². The van der Waals surface area contributed by atoms with Crippen LogP contribution in [0.3, 0.4) is 0 Å². The van der Waals surface area contributed by atoms with Crippen LogP contribution in [0.25, 0.3) is 0 Å². The molecule has 0 spiro atoms. The molecule has 0 aliphatic carbocycles. The molecule has 0 aromatic rings. The second kappa shape index (κ2) is 7.02. The number of nitrogens with zero attached hydrogens (tertiary/aromatic N) is 1. The van der Waals surface area contributed by atoms with Crippen LogP contribution < -0.4 is 10.0 Å². The van der Waals surface area contributed by atoms with Crippen LogP contribution in [0.5, 0.6) is 0 Å². The molecule has 2 heterocycles. The van der Waals surface area contributed by atoms with Crippen LogP contribution in [-0.4, -0.2) is 44.9 Å². The molecule has 0 saturated carbocycles. The Kier molecular flexibility index (Phi) is 5.62. The summed E-state index contributed by atoms with van der Waals surface area (Å²) in [5, 5.41) is 3.45. The molecule has 2 aliphatic heterocycles. The third-order valence-electron chi connectivity index (χ3n) is 4.39. The first-order valence-corrected chi connectivity index (χ1v) is 9.05. The van der Waals surface area contributed by atoms with Crippen LogP contribution in [0.15, 0.2) is 0 Å². The van der Waals surface area contributed by atoms with E-state index in [1.54, 1.807) is 4.31 Å². The molecule has 19 heavy (non-hydrogen) atoms. The number of rotatable bonds is 5. The Morgan fingerprint density at radius 3 is 2.63 bits per heavy atom. The molecule has 2 saturated heterocycles. The molecule has 2 aliphatic rings. The van der Waals surface area contributed by atoms with E-state index in [9.17, 15) is 8.42 Å². The highest BCUT2D eigenvalue weighted by Crippen LogP contribution is 2.19. The Morgan fingerprint density at radius 1 is 1.21 bits per heavy atom. The van der Waals surface area contributed by atoms with E-state index in [-0.39, 0.29) is 0 Å². The van der Waals surface area contributed by atoms with Crippen molar-refractivity contribution in [3.8, 4) is 0 Å². The molecule has 2 unspecified atom stereocenters. The van der Waals surface area contributed by atoms with Gasteiger partial charge in [-0.1, -0.05) is 19.8 Å². The molecule has 112 valence electrons. The van der Waals surface area contributed by atoms with Crippen molar-refractivity contribution in [2.75, 3.05) is 26.2 Å². The van der Waals surface area contributed by atoms with Gasteiger partial charge < -0.3 is 5.32 Å². The van der Waals surface area contributed by atoms with Gasteiger partial charge in [-0.05, 0) is 38.1 Å². The third kappa shape index (κ3) is 4.15.